The summed E-state index contributed by atoms with van der Waals surface area (Å²) in [5, 5.41) is 2.63. The molecule has 2 amide bonds. The Morgan fingerprint density at radius 2 is 2.03 bits per heavy atom. The predicted octanol–water partition coefficient (Wildman–Crippen LogP) is 5.15. The first-order valence-corrected chi connectivity index (χ1v) is 10.3. The number of hydrogen-bond acceptors (Lipinski definition) is 5. The molecule has 0 spiro atoms. The Morgan fingerprint density at radius 3 is 2.70 bits per heavy atom. The van der Waals surface area contributed by atoms with Gasteiger partial charge in [-0.05, 0) is 45.7 Å². The van der Waals surface area contributed by atoms with Crippen molar-refractivity contribution in [2.24, 2.45) is 0 Å². The third-order valence-corrected chi connectivity index (χ3v) is 4.51. The van der Waals surface area contributed by atoms with Crippen LogP contribution in [0.5, 0.6) is 5.75 Å². The van der Waals surface area contributed by atoms with E-state index >= 15 is 0 Å². The zero-order valence-corrected chi connectivity index (χ0v) is 18.2. The van der Waals surface area contributed by atoms with Crippen LogP contribution in [-0.2, 0) is 9.47 Å². The maximum atomic E-state index is 13.0. The number of benzene rings is 1. The van der Waals surface area contributed by atoms with Crippen molar-refractivity contribution >= 4 is 17.9 Å². The molecule has 0 radical (unpaired) electrons. The first-order valence-electron chi connectivity index (χ1n) is 10.3. The minimum absolute atomic E-state index is 0.229. The van der Waals surface area contributed by atoms with Crippen molar-refractivity contribution in [1.82, 2.24) is 4.90 Å². The third kappa shape index (κ3) is 7.22. The molecule has 7 heteroatoms. The van der Waals surface area contributed by atoms with E-state index in [0.29, 0.717) is 37.6 Å². The van der Waals surface area contributed by atoms with Crippen LogP contribution in [0.4, 0.5) is 15.3 Å². The molecular formula is C23H32N2O5. The number of carbonyl (C=O) groups excluding carboxylic acids is 2. The smallest absolute Gasteiger partial charge is 0.416 e. The molecule has 0 saturated heterocycles. The Hall–Kier alpha value is -2.80. The Morgan fingerprint density at radius 1 is 1.23 bits per heavy atom. The Balaban J connectivity index is 2.08. The number of allylic oxidation sites excluding steroid dienone is 2. The Labute approximate surface area is 178 Å². The maximum Gasteiger partial charge on any atom is 0.416 e. The molecule has 0 saturated carbocycles. The summed E-state index contributed by atoms with van der Waals surface area (Å²) in [4.78, 5) is 26.5. The van der Waals surface area contributed by atoms with Crippen molar-refractivity contribution in [3.05, 3.63) is 48.6 Å². The lowest BCUT2D eigenvalue weighted by Gasteiger charge is -2.38. The largest absolute Gasteiger partial charge is 0.447 e. The van der Waals surface area contributed by atoms with Gasteiger partial charge in [-0.2, -0.15) is 0 Å². The van der Waals surface area contributed by atoms with Crippen molar-refractivity contribution in [3.63, 3.8) is 0 Å². The molecule has 1 aliphatic carbocycles. The summed E-state index contributed by atoms with van der Waals surface area (Å²) in [5.74, 6) is 0.334. The second-order valence-electron chi connectivity index (χ2n) is 7.59. The number of hydrogen-bond donors (Lipinski definition) is 1. The van der Waals surface area contributed by atoms with Gasteiger partial charge in [0.05, 0.1) is 18.2 Å². The summed E-state index contributed by atoms with van der Waals surface area (Å²) in [5.41, 5.74) is -0.0197. The molecule has 0 aromatic heterocycles. The van der Waals surface area contributed by atoms with Crippen molar-refractivity contribution in [3.8, 4) is 5.75 Å². The second kappa shape index (κ2) is 11.4. The molecule has 164 valence electrons. The number of rotatable bonds is 9. The summed E-state index contributed by atoms with van der Waals surface area (Å²) in [6.45, 7) is 9.06. The number of anilines is 1. The summed E-state index contributed by atoms with van der Waals surface area (Å²) in [7, 11) is 0. The molecular weight excluding hydrogens is 384 g/mol. The van der Waals surface area contributed by atoms with E-state index in [-0.39, 0.29) is 6.10 Å². The topological polar surface area (TPSA) is 77.1 Å². The zero-order chi connectivity index (χ0) is 22.0. The van der Waals surface area contributed by atoms with Crippen LogP contribution in [0.15, 0.2) is 48.6 Å². The van der Waals surface area contributed by atoms with Gasteiger partial charge in [-0.3, -0.25) is 10.2 Å². The average molecular weight is 417 g/mol. The molecule has 1 aromatic rings. The SMILES string of the molecule is CCCOCCN(C(=O)Oc1cccc(NC(=O)OC(C)C)c1)C1(C)C=CC=CC1. The van der Waals surface area contributed by atoms with E-state index < -0.39 is 17.7 Å². The van der Waals surface area contributed by atoms with Gasteiger partial charge in [-0.1, -0.05) is 37.3 Å². The van der Waals surface area contributed by atoms with Gasteiger partial charge < -0.3 is 14.2 Å². The molecule has 1 aliphatic rings. The van der Waals surface area contributed by atoms with Gasteiger partial charge in [-0.25, -0.2) is 9.59 Å². The van der Waals surface area contributed by atoms with Crippen LogP contribution in [0.1, 0.15) is 40.5 Å². The fourth-order valence-corrected chi connectivity index (χ4v) is 3.03. The van der Waals surface area contributed by atoms with Gasteiger partial charge in [0.2, 0.25) is 0 Å². The number of ether oxygens (including phenoxy) is 3. The van der Waals surface area contributed by atoms with E-state index in [2.05, 4.69) is 5.32 Å². The van der Waals surface area contributed by atoms with Crippen LogP contribution in [0.25, 0.3) is 0 Å². The van der Waals surface area contributed by atoms with Gasteiger partial charge in [-0.15, -0.1) is 0 Å². The summed E-state index contributed by atoms with van der Waals surface area (Å²) in [6, 6.07) is 6.66. The first-order chi connectivity index (χ1) is 14.3. The molecule has 30 heavy (non-hydrogen) atoms. The van der Waals surface area contributed by atoms with E-state index in [9.17, 15) is 9.59 Å². The fourth-order valence-electron chi connectivity index (χ4n) is 3.03. The molecule has 7 nitrogen and oxygen atoms in total. The highest BCUT2D eigenvalue weighted by Gasteiger charge is 2.34. The number of nitrogens with one attached hydrogen (secondary N) is 1. The van der Waals surface area contributed by atoms with Gasteiger partial charge in [0.1, 0.15) is 5.75 Å². The van der Waals surface area contributed by atoms with Crippen LogP contribution in [0.2, 0.25) is 0 Å². The van der Waals surface area contributed by atoms with Gasteiger partial charge >= 0.3 is 12.2 Å². The highest BCUT2D eigenvalue weighted by atomic mass is 16.6. The lowest BCUT2D eigenvalue weighted by molar-refractivity contribution is 0.0681. The minimum Gasteiger partial charge on any atom is -0.447 e. The first kappa shape index (κ1) is 23.5. The standard InChI is InChI=1S/C23H32N2O5/c1-5-15-28-16-14-25(23(4)12-7-6-8-13-23)22(27)30-20-11-9-10-19(17-20)24-21(26)29-18(2)3/h6-12,17-18H,5,13-16H2,1-4H3,(H,24,26). The summed E-state index contributed by atoms with van der Waals surface area (Å²) >= 11 is 0. The van der Waals surface area contributed by atoms with E-state index in [1.807, 2.05) is 38.2 Å². The highest BCUT2D eigenvalue weighted by molar-refractivity contribution is 5.85. The zero-order valence-electron chi connectivity index (χ0n) is 18.2. The van der Waals surface area contributed by atoms with Gasteiger partial charge in [0.25, 0.3) is 0 Å². The fraction of sp³-hybridized carbons (Fsp3) is 0.478. The highest BCUT2D eigenvalue weighted by Crippen LogP contribution is 2.27. The number of amides is 2. The number of carbonyl (C=O) groups is 2. The average Bonchev–Trinajstić information content (AvgIpc) is 2.67. The molecule has 2 rings (SSSR count). The van der Waals surface area contributed by atoms with Crippen molar-refractivity contribution in [2.75, 3.05) is 25.1 Å². The molecule has 1 N–H and O–H groups in total. The van der Waals surface area contributed by atoms with Crippen molar-refractivity contribution in [1.29, 1.82) is 0 Å². The normalized spacial score (nSPS) is 17.6. The van der Waals surface area contributed by atoms with Crippen molar-refractivity contribution in [2.45, 2.75) is 52.2 Å². The molecule has 0 aliphatic heterocycles. The molecule has 1 atom stereocenters. The monoisotopic (exact) mass is 416 g/mol. The van der Waals surface area contributed by atoms with E-state index in [0.717, 1.165) is 6.42 Å². The lowest BCUT2D eigenvalue weighted by Crippen LogP contribution is -2.51. The molecule has 0 heterocycles. The summed E-state index contributed by atoms with van der Waals surface area (Å²) in [6.07, 6.45) is 8.26. The van der Waals surface area contributed by atoms with Crippen LogP contribution < -0.4 is 10.1 Å². The molecule has 0 fully saturated rings. The van der Waals surface area contributed by atoms with Crippen LogP contribution in [0, 0.1) is 0 Å². The quantitative estimate of drug-likeness (QED) is 0.564. The second-order valence-corrected chi connectivity index (χ2v) is 7.59. The Kier molecular flexibility index (Phi) is 8.92. The summed E-state index contributed by atoms with van der Waals surface area (Å²) < 4.78 is 16.3. The lowest BCUT2D eigenvalue weighted by atomic mass is 9.92. The molecule has 1 unspecified atom stereocenters. The predicted molar refractivity (Wildman–Crippen MR) is 117 cm³/mol. The minimum atomic E-state index is -0.560. The third-order valence-electron chi connectivity index (χ3n) is 4.51. The Bertz CT molecular complexity index is 775. The van der Waals surface area contributed by atoms with E-state index in [4.69, 9.17) is 14.2 Å². The van der Waals surface area contributed by atoms with Crippen LogP contribution in [0.3, 0.4) is 0 Å². The maximum absolute atomic E-state index is 13.0. The number of nitrogens with zero attached hydrogens (tertiary/aromatic N) is 1. The van der Waals surface area contributed by atoms with Crippen molar-refractivity contribution < 1.29 is 23.8 Å². The van der Waals surface area contributed by atoms with Gasteiger partial charge in [0.15, 0.2) is 0 Å². The molecule has 1 aromatic carbocycles. The van der Waals surface area contributed by atoms with Gasteiger partial charge in [0, 0.05) is 24.9 Å². The van der Waals surface area contributed by atoms with Crippen LogP contribution in [-0.4, -0.2) is 48.5 Å². The van der Waals surface area contributed by atoms with E-state index in [1.54, 1.807) is 43.0 Å². The van der Waals surface area contributed by atoms with E-state index in [1.165, 1.54) is 0 Å². The molecule has 0 bridgehead atoms. The van der Waals surface area contributed by atoms with Crippen LogP contribution >= 0.6 is 0 Å².